The molecule has 1 saturated heterocycles. The number of carbonyl (C=O) groups excluding carboxylic acids is 1. The molecule has 2 rings (SSSR count). The Bertz CT molecular complexity index is 392. The lowest BCUT2D eigenvalue weighted by atomic mass is 10.1. The van der Waals surface area contributed by atoms with Crippen LogP contribution in [0.5, 0.6) is 0 Å². The molecule has 1 aromatic heterocycles. The summed E-state index contributed by atoms with van der Waals surface area (Å²) < 4.78 is 1.48. The Morgan fingerprint density at radius 3 is 3.12 bits per heavy atom. The minimum absolute atomic E-state index is 0.0442. The summed E-state index contributed by atoms with van der Waals surface area (Å²) in [4.78, 5) is 13.6. The first-order valence-electron chi connectivity index (χ1n) is 5.74. The van der Waals surface area contributed by atoms with E-state index in [-0.39, 0.29) is 12.5 Å². The molecule has 0 bridgehead atoms. The fourth-order valence-electron chi connectivity index (χ4n) is 1.93. The van der Waals surface area contributed by atoms with Crippen molar-refractivity contribution >= 4 is 5.91 Å². The van der Waals surface area contributed by atoms with E-state index < -0.39 is 6.10 Å². The van der Waals surface area contributed by atoms with Gasteiger partial charge in [0, 0.05) is 19.6 Å². The highest BCUT2D eigenvalue weighted by Crippen LogP contribution is 2.10. The molecule has 7 nitrogen and oxygen atoms in total. The van der Waals surface area contributed by atoms with Crippen LogP contribution in [0.25, 0.3) is 0 Å². The molecule has 7 heteroatoms. The zero-order valence-corrected chi connectivity index (χ0v) is 9.62. The maximum absolute atomic E-state index is 11.9. The number of nitrogens with zero attached hydrogens (tertiary/aromatic N) is 4. The van der Waals surface area contributed by atoms with Gasteiger partial charge in [-0.25, -0.2) is 4.68 Å². The van der Waals surface area contributed by atoms with Crippen LogP contribution in [0.2, 0.25) is 0 Å². The third-order valence-corrected chi connectivity index (χ3v) is 2.84. The first-order chi connectivity index (χ1) is 8.19. The lowest BCUT2D eigenvalue weighted by Gasteiger charge is -2.29. The van der Waals surface area contributed by atoms with Crippen molar-refractivity contribution in [3.05, 3.63) is 11.9 Å². The predicted octanol–water partition coefficient (Wildman–Crippen LogP) is -1.28. The van der Waals surface area contributed by atoms with Crippen molar-refractivity contribution in [3.8, 4) is 0 Å². The molecule has 1 unspecified atom stereocenters. The van der Waals surface area contributed by atoms with Crippen LogP contribution in [0.15, 0.2) is 6.20 Å². The second-order valence-corrected chi connectivity index (χ2v) is 4.25. The van der Waals surface area contributed by atoms with Crippen molar-refractivity contribution in [3.63, 3.8) is 0 Å². The number of aliphatic hydroxyl groups excluding tert-OH is 1. The molecule has 0 radical (unpaired) electrons. The van der Waals surface area contributed by atoms with E-state index in [0.29, 0.717) is 25.3 Å². The van der Waals surface area contributed by atoms with Gasteiger partial charge in [0.25, 0.3) is 0 Å². The van der Waals surface area contributed by atoms with E-state index in [1.807, 2.05) is 0 Å². The van der Waals surface area contributed by atoms with Gasteiger partial charge in [0.15, 0.2) is 0 Å². The number of nitrogens with two attached hydrogens (primary N) is 1. The first-order valence-corrected chi connectivity index (χ1v) is 5.74. The van der Waals surface area contributed by atoms with E-state index in [1.54, 1.807) is 11.1 Å². The number of rotatable bonds is 3. The Balaban J connectivity index is 1.91. The average molecular weight is 239 g/mol. The molecule has 94 valence electrons. The van der Waals surface area contributed by atoms with Crippen LogP contribution >= 0.6 is 0 Å². The molecular weight excluding hydrogens is 222 g/mol. The van der Waals surface area contributed by atoms with E-state index in [1.165, 1.54) is 4.68 Å². The lowest BCUT2D eigenvalue weighted by molar-refractivity contribution is -0.135. The van der Waals surface area contributed by atoms with Crippen LogP contribution in [-0.2, 0) is 17.9 Å². The second kappa shape index (κ2) is 5.24. The summed E-state index contributed by atoms with van der Waals surface area (Å²) in [5.74, 6) is -0.0442. The average Bonchev–Trinajstić information content (AvgIpc) is 2.77. The topological polar surface area (TPSA) is 97.3 Å². The summed E-state index contributed by atoms with van der Waals surface area (Å²) in [7, 11) is 0. The van der Waals surface area contributed by atoms with Gasteiger partial charge in [-0.05, 0) is 12.8 Å². The van der Waals surface area contributed by atoms with Crippen LogP contribution in [-0.4, -0.2) is 50.1 Å². The summed E-state index contributed by atoms with van der Waals surface area (Å²) in [5, 5.41) is 17.1. The number of β-amino-alcohol motifs (C(OH)–C–C–N with tert-alkyl or cyclic N) is 1. The van der Waals surface area contributed by atoms with Crippen LogP contribution in [0, 0.1) is 0 Å². The zero-order valence-electron chi connectivity index (χ0n) is 9.62. The second-order valence-electron chi connectivity index (χ2n) is 4.25. The number of hydrogen-bond acceptors (Lipinski definition) is 5. The molecule has 1 aliphatic heterocycles. The fraction of sp³-hybridized carbons (Fsp3) is 0.700. The zero-order chi connectivity index (χ0) is 12.3. The summed E-state index contributed by atoms with van der Waals surface area (Å²) in [5.41, 5.74) is 6.07. The molecule has 2 heterocycles. The minimum Gasteiger partial charge on any atom is -0.391 e. The molecular formula is C10H17N5O2. The molecule has 1 amide bonds. The molecule has 1 aliphatic rings. The molecule has 0 spiro atoms. The molecule has 1 aromatic rings. The number of carbonyl (C=O) groups is 1. The molecule has 17 heavy (non-hydrogen) atoms. The number of likely N-dealkylation sites (tertiary alicyclic amines) is 1. The summed E-state index contributed by atoms with van der Waals surface area (Å²) in [6.45, 7) is 1.59. The van der Waals surface area contributed by atoms with Gasteiger partial charge in [-0.15, -0.1) is 5.10 Å². The molecule has 1 atom stereocenters. The molecule has 0 aliphatic carbocycles. The number of aromatic nitrogens is 3. The van der Waals surface area contributed by atoms with E-state index in [0.717, 1.165) is 12.8 Å². The highest BCUT2D eigenvalue weighted by molar-refractivity contribution is 5.76. The van der Waals surface area contributed by atoms with Gasteiger partial charge >= 0.3 is 0 Å². The van der Waals surface area contributed by atoms with Crippen molar-refractivity contribution in [1.29, 1.82) is 0 Å². The van der Waals surface area contributed by atoms with Crippen molar-refractivity contribution in [2.24, 2.45) is 5.73 Å². The van der Waals surface area contributed by atoms with Gasteiger partial charge in [0.2, 0.25) is 5.91 Å². The number of amides is 1. The van der Waals surface area contributed by atoms with Crippen molar-refractivity contribution in [2.45, 2.75) is 32.0 Å². The third kappa shape index (κ3) is 3.01. The Morgan fingerprint density at radius 2 is 2.47 bits per heavy atom. The van der Waals surface area contributed by atoms with Gasteiger partial charge in [-0.2, -0.15) is 0 Å². The standard InChI is InChI=1S/C10H17N5O2/c11-4-8-5-15(13-12-8)7-10(17)14-3-1-2-9(16)6-14/h5,9,16H,1-4,6-7,11H2. The highest BCUT2D eigenvalue weighted by atomic mass is 16.3. The Hall–Kier alpha value is -1.47. The monoisotopic (exact) mass is 239 g/mol. The SMILES string of the molecule is NCc1cn(CC(=O)N2CCCC(O)C2)nn1. The molecule has 0 aromatic carbocycles. The van der Waals surface area contributed by atoms with Crippen LogP contribution in [0.1, 0.15) is 18.5 Å². The fourth-order valence-corrected chi connectivity index (χ4v) is 1.93. The van der Waals surface area contributed by atoms with Crippen molar-refractivity contribution < 1.29 is 9.90 Å². The van der Waals surface area contributed by atoms with Gasteiger partial charge in [0.1, 0.15) is 6.54 Å². The lowest BCUT2D eigenvalue weighted by Crippen LogP contribution is -2.43. The van der Waals surface area contributed by atoms with Gasteiger partial charge in [-0.3, -0.25) is 4.79 Å². The van der Waals surface area contributed by atoms with Crippen LogP contribution < -0.4 is 5.73 Å². The van der Waals surface area contributed by atoms with E-state index in [4.69, 9.17) is 5.73 Å². The summed E-state index contributed by atoms with van der Waals surface area (Å²) >= 11 is 0. The maximum atomic E-state index is 11.9. The Kier molecular flexibility index (Phi) is 3.70. The van der Waals surface area contributed by atoms with Crippen molar-refractivity contribution in [1.82, 2.24) is 19.9 Å². The maximum Gasteiger partial charge on any atom is 0.244 e. The minimum atomic E-state index is -0.400. The first kappa shape index (κ1) is 12.0. The normalized spacial score (nSPS) is 20.6. The molecule has 1 fully saturated rings. The molecule has 3 N–H and O–H groups in total. The van der Waals surface area contributed by atoms with Crippen LogP contribution in [0.4, 0.5) is 0 Å². The van der Waals surface area contributed by atoms with Crippen molar-refractivity contribution in [2.75, 3.05) is 13.1 Å². The summed E-state index contributed by atoms with van der Waals surface area (Å²) in [6.07, 6.45) is 2.88. The Labute approximate surface area is 99.2 Å². The Morgan fingerprint density at radius 1 is 1.65 bits per heavy atom. The quantitative estimate of drug-likeness (QED) is 0.684. The third-order valence-electron chi connectivity index (χ3n) is 2.84. The molecule has 0 saturated carbocycles. The number of hydrogen-bond donors (Lipinski definition) is 2. The van der Waals surface area contributed by atoms with E-state index in [9.17, 15) is 9.90 Å². The predicted molar refractivity (Wildman–Crippen MR) is 59.7 cm³/mol. The van der Waals surface area contributed by atoms with Crippen LogP contribution in [0.3, 0.4) is 0 Å². The smallest absolute Gasteiger partial charge is 0.244 e. The van der Waals surface area contributed by atoms with Gasteiger partial charge in [-0.1, -0.05) is 5.21 Å². The largest absolute Gasteiger partial charge is 0.391 e. The number of piperidine rings is 1. The van der Waals surface area contributed by atoms with Gasteiger partial charge in [0.05, 0.1) is 18.0 Å². The van der Waals surface area contributed by atoms with E-state index >= 15 is 0 Å². The van der Waals surface area contributed by atoms with Gasteiger partial charge < -0.3 is 15.7 Å². The highest BCUT2D eigenvalue weighted by Gasteiger charge is 2.22. The summed E-state index contributed by atoms with van der Waals surface area (Å²) in [6, 6.07) is 0. The van der Waals surface area contributed by atoms with E-state index in [2.05, 4.69) is 10.3 Å². The number of aliphatic hydroxyl groups is 1.